The first-order valence-electron chi connectivity index (χ1n) is 7.49. The van der Waals surface area contributed by atoms with Crippen LogP contribution >= 0.6 is 34.8 Å². The van der Waals surface area contributed by atoms with Gasteiger partial charge in [-0.15, -0.1) is 0 Å². The molecule has 0 aliphatic carbocycles. The highest BCUT2D eigenvalue weighted by Gasteiger charge is 2.23. The van der Waals surface area contributed by atoms with Gasteiger partial charge in [-0.25, -0.2) is 4.79 Å². The van der Waals surface area contributed by atoms with Crippen molar-refractivity contribution in [2.45, 2.75) is 6.54 Å². The van der Waals surface area contributed by atoms with Crippen molar-refractivity contribution in [2.24, 2.45) is 7.05 Å². The minimum Gasteiger partial charge on any atom is -0.477 e. The Labute approximate surface area is 168 Å². The van der Waals surface area contributed by atoms with Gasteiger partial charge in [0.1, 0.15) is 5.02 Å². The number of halogens is 3. The second kappa shape index (κ2) is 7.59. The zero-order valence-electron chi connectivity index (χ0n) is 13.8. The minimum absolute atomic E-state index is 0.0898. The minimum atomic E-state index is -1.27. The zero-order chi connectivity index (χ0) is 19.7. The van der Waals surface area contributed by atoms with Crippen LogP contribution in [-0.2, 0) is 13.6 Å². The molecule has 27 heavy (non-hydrogen) atoms. The Hall–Kier alpha value is -2.55. The van der Waals surface area contributed by atoms with E-state index in [-0.39, 0.29) is 22.1 Å². The van der Waals surface area contributed by atoms with E-state index in [0.29, 0.717) is 16.6 Å². The molecule has 0 saturated heterocycles. The third-order valence-electron chi connectivity index (χ3n) is 3.68. The predicted octanol–water partition coefficient (Wildman–Crippen LogP) is 3.58. The van der Waals surface area contributed by atoms with E-state index in [0.717, 1.165) is 16.4 Å². The van der Waals surface area contributed by atoms with Gasteiger partial charge in [-0.2, -0.15) is 10.2 Å². The molecule has 2 heterocycles. The molecule has 140 valence electrons. The smallest absolute Gasteiger partial charge is 0.354 e. The number of carbonyl (C=O) groups is 2. The summed E-state index contributed by atoms with van der Waals surface area (Å²) in [7, 11) is 1.43. The molecule has 8 nitrogen and oxygen atoms in total. The monoisotopic (exact) mass is 427 g/mol. The molecule has 1 amide bonds. The quantitative estimate of drug-likeness (QED) is 0.647. The molecule has 3 aromatic rings. The first-order chi connectivity index (χ1) is 12.8. The maximum absolute atomic E-state index is 12.4. The molecule has 0 unspecified atom stereocenters. The van der Waals surface area contributed by atoms with Crippen LogP contribution in [0.4, 0.5) is 5.82 Å². The lowest BCUT2D eigenvalue weighted by Gasteiger charge is -2.05. The summed E-state index contributed by atoms with van der Waals surface area (Å²) < 4.78 is 2.59. The third kappa shape index (κ3) is 4.08. The average molecular weight is 429 g/mol. The van der Waals surface area contributed by atoms with Crippen LogP contribution in [0.25, 0.3) is 0 Å². The Bertz CT molecular complexity index is 1040. The molecule has 0 atom stereocenters. The van der Waals surface area contributed by atoms with Crippen LogP contribution in [-0.4, -0.2) is 36.5 Å². The summed E-state index contributed by atoms with van der Waals surface area (Å²) in [4.78, 5) is 23.7. The molecule has 11 heteroatoms. The second-order valence-corrected chi connectivity index (χ2v) is 6.80. The predicted molar refractivity (Wildman–Crippen MR) is 101 cm³/mol. The highest BCUT2D eigenvalue weighted by atomic mass is 35.5. The molecule has 0 aliphatic rings. The number of nitrogens with zero attached hydrogens (tertiary/aromatic N) is 4. The lowest BCUT2D eigenvalue weighted by molar-refractivity contribution is 0.0680. The molecule has 0 aliphatic heterocycles. The van der Waals surface area contributed by atoms with E-state index < -0.39 is 11.9 Å². The van der Waals surface area contributed by atoms with Gasteiger partial charge in [0.15, 0.2) is 11.5 Å². The fraction of sp³-hybridized carbons (Fsp3) is 0.125. The fourth-order valence-electron chi connectivity index (χ4n) is 2.42. The van der Waals surface area contributed by atoms with Gasteiger partial charge >= 0.3 is 5.97 Å². The lowest BCUT2D eigenvalue weighted by atomic mass is 10.2. The van der Waals surface area contributed by atoms with Crippen LogP contribution in [0.5, 0.6) is 0 Å². The number of amides is 1. The highest BCUT2D eigenvalue weighted by Crippen LogP contribution is 2.25. The number of aryl methyl sites for hydroxylation is 1. The number of hydrogen-bond donors (Lipinski definition) is 2. The molecule has 2 N–H and O–H groups in total. The van der Waals surface area contributed by atoms with Gasteiger partial charge in [0, 0.05) is 23.3 Å². The largest absolute Gasteiger partial charge is 0.477 e. The van der Waals surface area contributed by atoms with Gasteiger partial charge in [0.2, 0.25) is 0 Å². The molecular formula is C16H12Cl3N5O3. The molecule has 0 bridgehead atoms. The number of carbonyl (C=O) groups excluding carboxylic acids is 1. The molecule has 1 aromatic carbocycles. The number of aromatic carboxylic acids is 1. The number of nitrogens with one attached hydrogen (secondary N) is 1. The summed E-state index contributed by atoms with van der Waals surface area (Å²) in [5.41, 5.74) is 0.422. The van der Waals surface area contributed by atoms with E-state index >= 15 is 0 Å². The van der Waals surface area contributed by atoms with Gasteiger partial charge in [0.05, 0.1) is 18.3 Å². The van der Waals surface area contributed by atoms with Crippen molar-refractivity contribution in [3.05, 3.63) is 62.5 Å². The van der Waals surface area contributed by atoms with Crippen molar-refractivity contribution in [1.82, 2.24) is 19.6 Å². The van der Waals surface area contributed by atoms with Crippen molar-refractivity contribution < 1.29 is 14.7 Å². The van der Waals surface area contributed by atoms with Gasteiger partial charge in [0.25, 0.3) is 5.91 Å². The van der Waals surface area contributed by atoms with Crippen molar-refractivity contribution in [3.63, 3.8) is 0 Å². The maximum atomic E-state index is 12.4. The number of hydrogen-bond acceptors (Lipinski definition) is 4. The van der Waals surface area contributed by atoms with Crippen LogP contribution < -0.4 is 5.32 Å². The van der Waals surface area contributed by atoms with Crippen LogP contribution in [0.2, 0.25) is 15.1 Å². The van der Waals surface area contributed by atoms with E-state index in [2.05, 4.69) is 15.5 Å². The van der Waals surface area contributed by atoms with Gasteiger partial charge in [-0.3, -0.25) is 14.2 Å². The number of anilines is 1. The van der Waals surface area contributed by atoms with Crippen LogP contribution in [0.3, 0.4) is 0 Å². The van der Waals surface area contributed by atoms with Gasteiger partial charge in [-0.1, -0.05) is 40.9 Å². The molecule has 0 radical (unpaired) electrons. The number of aromatic nitrogens is 4. The van der Waals surface area contributed by atoms with Crippen LogP contribution in [0.15, 0.2) is 30.6 Å². The van der Waals surface area contributed by atoms with E-state index in [9.17, 15) is 14.7 Å². The first kappa shape index (κ1) is 19.2. The maximum Gasteiger partial charge on any atom is 0.354 e. The summed E-state index contributed by atoms with van der Waals surface area (Å²) >= 11 is 18.1. The average Bonchev–Trinajstić information content (AvgIpc) is 3.13. The van der Waals surface area contributed by atoms with E-state index in [1.807, 2.05) is 0 Å². The summed E-state index contributed by atoms with van der Waals surface area (Å²) in [5.74, 6) is -1.86. The molecule has 3 rings (SSSR count). The Kier molecular flexibility index (Phi) is 5.41. The molecule has 0 fully saturated rings. The first-order valence-corrected chi connectivity index (χ1v) is 8.63. The standard InChI is InChI=1S/C16H12Cl3N5O3/c1-23-13(16(26)27)10(5-20-23)15(25)21-14-12(19)7-24(22-14)6-8-2-3-9(17)4-11(8)18/h2-5,7H,6H2,1H3,(H,26,27)(H,21,22,25). The van der Waals surface area contributed by atoms with Crippen molar-refractivity contribution in [1.29, 1.82) is 0 Å². The summed E-state index contributed by atoms with van der Waals surface area (Å²) in [6, 6.07) is 5.07. The van der Waals surface area contributed by atoms with Gasteiger partial charge < -0.3 is 10.4 Å². The zero-order valence-corrected chi connectivity index (χ0v) is 16.0. The Morgan fingerprint density at radius 2 is 1.96 bits per heavy atom. The van der Waals surface area contributed by atoms with Crippen LogP contribution in [0, 0.1) is 0 Å². The normalized spacial score (nSPS) is 10.8. The van der Waals surface area contributed by atoms with Crippen molar-refractivity contribution in [2.75, 3.05) is 5.32 Å². The lowest BCUT2D eigenvalue weighted by Crippen LogP contribution is -2.17. The number of carboxylic acid groups (broad SMARTS) is 1. The summed E-state index contributed by atoms with van der Waals surface area (Å²) in [6.45, 7) is 0.304. The Balaban J connectivity index is 1.81. The highest BCUT2D eigenvalue weighted by molar-refractivity contribution is 6.35. The van der Waals surface area contributed by atoms with E-state index in [1.54, 1.807) is 18.2 Å². The Morgan fingerprint density at radius 1 is 1.22 bits per heavy atom. The SMILES string of the molecule is Cn1ncc(C(=O)Nc2nn(Cc3ccc(Cl)cc3Cl)cc2Cl)c1C(=O)O. The van der Waals surface area contributed by atoms with Crippen molar-refractivity contribution >= 4 is 52.5 Å². The number of rotatable bonds is 5. The van der Waals surface area contributed by atoms with E-state index in [1.165, 1.54) is 17.9 Å². The Morgan fingerprint density at radius 3 is 2.63 bits per heavy atom. The topological polar surface area (TPSA) is 102 Å². The summed E-state index contributed by atoms with van der Waals surface area (Å²) in [5, 5.41) is 20.9. The third-order valence-corrected chi connectivity index (χ3v) is 4.55. The molecular weight excluding hydrogens is 417 g/mol. The number of carboxylic acids is 1. The second-order valence-electron chi connectivity index (χ2n) is 5.55. The van der Waals surface area contributed by atoms with E-state index in [4.69, 9.17) is 34.8 Å². The number of benzene rings is 1. The fourth-order valence-corrected chi connectivity index (χ4v) is 3.09. The molecule has 0 saturated carbocycles. The van der Waals surface area contributed by atoms with Crippen LogP contribution in [0.1, 0.15) is 26.4 Å². The van der Waals surface area contributed by atoms with Gasteiger partial charge in [-0.05, 0) is 17.7 Å². The molecule has 2 aromatic heterocycles. The summed E-state index contributed by atoms with van der Waals surface area (Å²) in [6.07, 6.45) is 2.68. The van der Waals surface area contributed by atoms with Crippen molar-refractivity contribution in [3.8, 4) is 0 Å². The molecule has 0 spiro atoms.